The van der Waals surface area contributed by atoms with Crippen LogP contribution >= 0.6 is 11.6 Å². The molecule has 0 saturated heterocycles. The van der Waals surface area contributed by atoms with Crippen molar-refractivity contribution in [2.24, 2.45) is 7.05 Å². The molecule has 6 nitrogen and oxygen atoms in total. The number of rotatable bonds is 1. The second kappa shape index (κ2) is 3.53. The Kier molecular flexibility index (Phi) is 2.12. The summed E-state index contributed by atoms with van der Waals surface area (Å²) in [6.45, 7) is 1.97. The molecule has 0 fully saturated rings. The van der Waals surface area contributed by atoms with Crippen molar-refractivity contribution < 1.29 is 0 Å². The summed E-state index contributed by atoms with van der Waals surface area (Å²) >= 11 is 6.11. The Balaban J connectivity index is 2.35. The van der Waals surface area contributed by atoms with Gasteiger partial charge in [-0.3, -0.25) is 14.1 Å². The molecule has 0 bridgehead atoms. The molecule has 0 saturated carbocycles. The highest BCUT2D eigenvalue weighted by Crippen LogP contribution is 2.23. The Morgan fingerprint density at radius 2 is 2.00 bits per heavy atom. The Hall–Kier alpha value is -1.95. The van der Waals surface area contributed by atoms with Crippen molar-refractivity contribution in [3.8, 4) is 11.4 Å². The number of hydrogen-bond donors (Lipinski definition) is 0. The van der Waals surface area contributed by atoms with Gasteiger partial charge >= 0.3 is 0 Å². The lowest BCUT2D eigenvalue weighted by atomic mass is 10.2. The predicted molar refractivity (Wildman–Crippen MR) is 62.7 cm³/mol. The maximum absolute atomic E-state index is 6.11. The van der Waals surface area contributed by atoms with Gasteiger partial charge in [0.15, 0.2) is 11.5 Å². The molecule has 0 aliphatic carbocycles. The number of aromatic nitrogens is 6. The normalized spacial score (nSPS) is 11.2. The van der Waals surface area contributed by atoms with Gasteiger partial charge in [0.2, 0.25) is 0 Å². The van der Waals surface area contributed by atoms with Crippen LogP contribution in [0.3, 0.4) is 0 Å². The minimum atomic E-state index is 0.478. The first-order valence-corrected chi connectivity index (χ1v) is 5.40. The van der Waals surface area contributed by atoms with E-state index >= 15 is 0 Å². The first-order chi connectivity index (χ1) is 8.18. The highest BCUT2D eigenvalue weighted by molar-refractivity contribution is 6.29. The zero-order valence-corrected chi connectivity index (χ0v) is 10.0. The van der Waals surface area contributed by atoms with Crippen molar-refractivity contribution in [1.29, 1.82) is 0 Å². The lowest BCUT2D eigenvalue weighted by molar-refractivity contribution is 0.740. The van der Waals surface area contributed by atoms with Gasteiger partial charge in [0, 0.05) is 12.7 Å². The maximum Gasteiger partial charge on any atom is 0.180 e. The zero-order valence-electron chi connectivity index (χ0n) is 9.29. The smallest absolute Gasteiger partial charge is 0.180 e. The SMILES string of the molecule is Cc1c(-c2nnc3cncc(Cl)n23)cnn1C. The van der Waals surface area contributed by atoms with Crippen LogP contribution in [0.5, 0.6) is 0 Å². The van der Waals surface area contributed by atoms with E-state index in [1.807, 2.05) is 14.0 Å². The van der Waals surface area contributed by atoms with Crippen LogP contribution in [0.25, 0.3) is 17.0 Å². The molecule has 0 amide bonds. The molecule has 3 heterocycles. The van der Waals surface area contributed by atoms with Crippen LogP contribution < -0.4 is 0 Å². The molecule has 0 atom stereocenters. The van der Waals surface area contributed by atoms with Gasteiger partial charge in [-0.1, -0.05) is 11.6 Å². The number of hydrogen-bond acceptors (Lipinski definition) is 4. The van der Waals surface area contributed by atoms with Gasteiger partial charge in [-0.25, -0.2) is 0 Å². The van der Waals surface area contributed by atoms with Crippen LogP contribution in [0.15, 0.2) is 18.6 Å². The number of nitrogens with zero attached hydrogens (tertiary/aromatic N) is 6. The highest BCUT2D eigenvalue weighted by atomic mass is 35.5. The van der Waals surface area contributed by atoms with E-state index in [0.717, 1.165) is 11.3 Å². The van der Waals surface area contributed by atoms with E-state index < -0.39 is 0 Å². The summed E-state index contributed by atoms with van der Waals surface area (Å²) in [6, 6.07) is 0. The molecule has 0 N–H and O–H groups in total. The summed E-state index contributed by atoms with van der Waals surface area (Å²) in [5.41, 5.74) is 2.54. The largest absolute Gasteiger partial charge is 0.272 e. The molecule has 0 radical (unpaired) electrons. The quantitative estimate of drug-likeness (QED) is 0.655. The van der Waals surface area contributed by atoms with E-state index in [9.17, 15) is 0 Å². The molecule has 3 aromatic heterocycles. The zero-order chi connectivity index (χ0) is 12.0. The summed E-state index contributed by atoms with van der Waals surface area (Å²) in [5.74, 6) is 0.679. The number of halogens is 1. The predicted octanol–water partition coefficient (Wildman–Crippen LogP) is 1.49. The van der Waals surface area contributed by atoms with E-state index in [1.165, 1.54) is 0 Å². The molecular weight excluding hydrogens is 240 g/mol. The van der Waals surface area contributed by atoms with Crippen LogP contribution in [0.4, 0.5) is 0 Å². The second-order valence-corrected chi connectivity index (χ2v) is 4.10. The molecular formula is C10H9ClN6. The average Bonchev–Trinajstić information content (AvgIpc) is 2.86. The van der Waals surface area contributed by atoms with Gasteiger partial charge in [0.1, 0.15) is 5.15 Å². The van der Waals surface area contributed by atoms with Crippen molar-refractivity contribution in [3.63, 3.8) is 0 Å². The van der Waals surface area contributed by atoms with E-state index in [-0.39, 0.29) is 0 Å². The van der Waals surface area contributed by atoms with Gasteiger partial charge in [0.25, 0.3) is 0 Å². The summed E-state index contributed by atoms with van der Waals surface area (Å²) < 4.78 is 3.53. The fourth-order valence-electron chi connectivity index (χ4n) is 1.71. The third-order valence-electron chi connectivity index (χ3n) is 2.75. The van der Waals surface area contributed by atoms with Gasteiger partial charge in [-0.15, -0.1) is 10.2 Å². The van der Waals surface area contributed by atoms with Crippen molar-refractivity contribution in [2.45, 2.75) is 6.92 Å². The minimum absolute atomic E-state index is 0.478. The first kappa shape index (κ1) is 10.2. The van der Waals surface area contributed by atoms with Crippen LogP contribution in [-0.2, 0) is 7.05 Å². The van der Waals surface area contributed by atoms with E-state index in [0.29, 0.717) is 16.6 Å². The molecule has 0 aliphatic heterocycles. The third kappa shape index (κ3) is 1.41. The highest BCUT2D eigenvalue weighted by Gasteiger charge is 2.15. The summed E-state index contributed by atoms with van der Waals surface area (Å²) in [6.07, 6.45) is 4.93. The van der Waals surface area contributed by atoms with Crippen molar-refractivity contribution >= 4 is 17.2 Å². The van der Waals surface area contributed by atoms with Crippen LogP contribution in [-0.4, -0.2) is 29.4 Å². The molecule has 0 aromatic carbocycles. The summed E-state index contributed by atoms with van der Waals surface area (Å²) in [7, 11) is 1.88. The third-order valence-corrected chi connectivity index (χ3v) is 3.02. The summed E-state index contributed by atoms with van der Waals surface area (Å²) in [4.78, 5) is 3.97. The standard InChI is InChI=1S/C10H9ClN6/c1-6-7(3-13-16(6)2)10-15-14-9-5-12-4-8(11)17(9)10/h3-5H,1-2H3. The topological polar surface area (TPSA) is 60.9 Å². The molecule has 3 rings (SSSR count). The Bertz CT molecular complexity index is 698. The molecule has 17 heavy (non-hydrogen) atoms. The Morgan fingerprint density at radius 3 is 2.71 bits per heavy atom. The molecule has 0 aliphatic rings. The Labute approximate surface area is 102 Å². The van der Waals surface area contributed by atoms with Gasteiger partial charge < -0.3 is 0 Å². The first-order valence-electron chi connectivity index (χ1n) is 5.02. The van der Waals surface area contributed by atoms with Crippen molar-refractivity contribution in [2.75, 3.05) is 0 Å². The van der Waals surface area contributed by atoms with Crippen LogP contribution in [0, 0.1) is 6.92 Å². The van der Waals surface area contributed by atoms with Crippen molar-refractivity contribution in [1.82, 2.24) is 29.4 Å². The Morgan fingerprint density at radius 1 is 1.18 bits per heavy atom. The van der Waals surface area contributed by atoms with Gasteiger partial charge in [-0.2, -0.15) is 5.10 Å². The van der Waals surface area contributed by atoms with Gasteiger partial charge in [-0.05, 0) is 6.92 Å². The molecule has 86 valence electrons. The number of fused-ring (bicyclic) bond motifs is 1. The maximum atomic E-state index is 6.11. The van der Waals surface area contributed by atoms with Crippen LogP contribution in [0.2, 0.25) is 5.15 Å². The van der Waals surface area contributed by atoms with Crippen LogP contribution in [0.1, 0.15) is 5.69 Å². The lowest BCUT2D eigenvalue weighted by Crippen LogP contribution is -1.95. The van der Waals surface area contributed by atoms with Crippen molar-refractivity contribution in [3.05, 3.63) is 29.4 Å². The molecule has 0 unspecified atom stereocenters. The number of aryl methyl sites for hydroxylation is 1. The fraction of sp³-hybridized carbons (Fsp3) is 0.200. The average molecular weight is 249 g/mol. The summed E-state index contributed by atoms with van der Waals surface area (Å²) in [5, 5.41) is 12.8. The minimum Gasteiger partial charge on any atom is -0.272 e. The van der Waals surface area contributed by atoms with Gasteiger partial charge in [0.05, 0.1) is 24.2 Å². The van der Waals surface area contributed by atoms with E-state index in [4.69, 9.17) is 11.6 Å². The molecule has 0 spiro atoms. The monoisotopic (exact) mass is 248 g/mol. The lowest BCUT2D eigenvalue weighted by Gasteiger charge is -2.01. The van der Waals surface area contributed by atoms with E-state index in [2.05, 4.69) is 20.3 Å². The molecule has 3 aromatic rings. The fourth-order valence-corrected chi connectivity index (χ4v) is 1.93. The molecule has 7 heteroatoms. The second-order valence-electron chi connectivity index (χ2n) is 3.71. The van der Waals surface area contributed by atoms with E-state index in [1.54, 1.807) is 27.7 Å².